The molecule has 2 aromatic carbocycles. The van der Waals surface area contributed by atoms with Crippen molar-refractivity contribution in [1.29, 1.82) is 0 Å². The van der Waals surface area contributed by atoms with Gasteiger partial charge in [0.1, 0.15) is 11.9 Å². The molecule has 1 aliphatic heterocycles. The quantitative estimate of drug-likeness (QED) is 0.842. The van der Waals surface area contributed by atoms with Gasteiger partial charge in [-0.3, -0.25) is 4.79 Å². The molecule has 0 aliphatic carbocycles. The van der Waals surface area contributed by atoms with Gasteiger partial charge in [0.25, 0.3) is 0 Å². The van der Waals surface area contributed by atoms with E-state index in [1.54, 1.807) is 26.8 Å². The predicted octanol–water partition coefficient (Wildman–Crippen LogP) is 3.85. The summed E-state index contributed by atoms with van der Waals surface area (Å²) in [6.45, 7) is 7.51. The second kappa shape index (κ2) is 7.64. The van der Waals surface area contributed by atoms with Gasteiger partial charge in [-0.25, -0.2) is 12.8 Å². The monoisotopic (exact) mass is 404 g/mol. The van der Waals surface area contributed by atoms with Crippen molar-refractivity contribution in [3.63, 3.8) is 0 Å². The minimum Gasteiger partial charge on any atom is -0.322 e. The highest BCUT2D eigenvalue weighted by Gasteiger charge is 2.40. The van der Waals surface area contributed by atoms with Crippen LogP contribution in [0, 0.1) is 33.5 Å². The molecule has 0 spiro atoms. The van der Waals surface area contributed by atoms with Crippen molar-refractivity contribution in [3.8, 4) is 0 Å². The number of anilines is 1. The molecule has 1 fully saturated rings. The van der Waals surface area contributed by atoms with Gasteiger partial charge in [0, 0.05) is 6.54 Å². The van der Waals surface area contributed by atoms with Crippen molar-refractivity contribution in [2.24, 2.45) is 0 Å². The number of sulfonamides is 1. The van der Waals surface area contributed by atoms with Crippen LogP contribution in [-0.4, -0.2) is 31.2 Å². The van der Waals surface area contributed by atoms with Gasteiger partial charge in [-0.15, -0.1) is 0 Å². The Bertz CT molecular complexity index is 1010. The molecule has 28 heavy (non-hydrogen) atoms. The molecule has 1 saturated heterocycles. The van der Waals surface area contributed by atoms with Crippen LogP contribution in [0.25, 0.3) is 0 Å². The smallest absolute Gasteiger partial charge is 0.244 e. The van der Waals surface area contributed by atoms with Crippen LogP contribution in [0.15, 0.2) is 35.2 Å². The first-order valence-corrected chi connectivity index (χ1v) is 10.7. The van der Waals surface area contributed by atoms with Crippen LogP contribution in [0.2, 0.25) is 0 Å². The summed E-state index contributed by atoms with van der Waals surface area (Å²) in [5, 5.41) is 2.56. The molecule has 1 N–H and O–H groups in total. The number of amides is 1. The number of nitrogens with one attached hydrogen (secondary N) is 1. The summed E-state index contributed by atoms with van der Waals surface area (Å²) in [7, 11) is -3.84. The summed E-state index contributed by atoms with van der Waals surface area (Å²) in [5.74, 6) is -1.05. The molecule has 1 heterocycles. The molecule has 7 heteroatoms. The molecule has 1 atom stereocenters. The Balaban J connectivity index is 1.92. The maximum atomic E-state index is 14.0. The summed E-state index contributed by atoms with van der Waals surface area (Å²) in [6.07, 6.45) is 0.986. The highest BCUT2D eigenvalue weighted by molar-refractivity contribution is 7.89. The third kappa shape index (κ3) is 3.82. The van der Waals surface area contributed by atoms with Crippen molar-refractivity contribution < 1.29 is 17.6 Å². The van der Waals surface area contributed by atoms with Crippen LogP contribution in [0.1, 0.15) is 35.1 Å². The highest BCUT2D eigenvalue weighted by Crippen LogP contribution is 2.31. The number of nitrogens with zero attached hydrogens (tertiary/aromatic N) is 1. The van der Waals surface area contributed by atoms with Gasteiger partial charge in [-0.2, -0.15) is 4.31 Å². The predicted molar refractivity (Wildman–Crippen MR) is 107 cm³/mol. The van der Waals surface area contributed by atoms with Gasteiger partial charge in [0.05, 0.1) is 10.6 Å². The summed E-state index contributed by atoms with van der Waals surface area (Å²) < 4.78 is 42.0. The summed E-state index contributed by atoms with van der Waals surface area (Å²) in [5.41, 5.74) is 3.18. The molecule has 0 radical (unpaired) electrons. The topological polar surface area (TPSA) is 66.5 Å². The van der Waals surface area contributed by atoms with Crippen molar-refractivity contribution >= 4 is 21.6 Å². The number of carbonyl (C=O) groups is 1. The van der Waals surface area contributed by atoms with Crippen LogP contribution in [0.3, 0.4) is 0 Å². The van der Waals surface area contributed by atoms with E-state index < -0.39 is 27.8 Å². The zero-order valence-electron chi connectivity index (χ0n) is 16.5. The van der Waals surface area contributed by atoms with Crippen LogP contribution in [-0.2, 0) is 14.8 Å². The lowest BCUT2D eigenvalue weighted by molar-refractivity contribution is -0.119. The van der Waals surface area contributed by atoms with Crippen molar-refractivity contribution in [1.82, 2.24) is 4.31 Å². The molecule has 1 aliphatic rings. The van der Waals surface area contributed by atoms with Gasteiger partial charge in [-0.1, -0.05) is 23.8 Å². The fourth-order valence-corrected chi connectivity index (χ4v) is 6.00. The van der Waals surface area contributed by atoms with E-state index in [1.807, 2.05) is 19.1 Å². The first-order valence-electron chi connectivity index (χ1n) is 9.28. The first-order chi connectivity index (χ1) is 13.1. The fourth-order valence-electron chi connectivity index (χ4n) is 3.93. The van der Waals surface area contributed by atoms with E-state index in [2.05, 4.69) is 5.32 Å². The Kier molecular flexibility index (Phi) is 5.59. The number of rotatable bonds is 4. The number of aryl methyl sites for hydroxylation is 4. The second-order valence-corrected chi connectivity index (χ2v) is 9.30. The van der Waals surface area contributed by atoms with Gasteiger partial charge >= 0.3 is 0 Å². The zero-order chi connectivity index (χ0) is 20.6. The minimum absolute atomic E-state index is 0.0666. The molecular formula is C21H25FN2O3S. The number of halogens is 1. The van der Waals surface area contributed by atoms with E-state index in [9.17, 15) is 17.6 Å². The van der Waals surface area contributed by atoms with Gasteiger partial charge in [-0.05, 0) is 69.4 Å². The third-order valence-electron chi connectivity index (χ3n) is 5.06. The van der Waals surface area contributed by atoms with Gasteiger partial charge < -0.3 is 5.32 Å². The molecule has 1 amide bonds. The van der Waals surface area contributed by atoms with Crippen molar-refractivity contribution in [2.75, 3.05) is 11.9 Å². The van der Waals surface area contributed by atoms with E-state index >= 15 is 0 Å². The lowest BCUT2D eigenvalue weighted by Crippen LogP contribution is -2.43. The highest BCUT2D eigenvalue weighted by atomic mass is 32.2. The first kappa shape index (κ1) is 20.5. The third-order valence-corrected chi connectivity index (χ3v) is 7.27. The molecule has 0 aromatic heterocycles. The second-order valence-electron chi connectivity index (χ2n) is 7.47. The van der Waals surface area contributed by atoms with E-state index in [0.29, 0.717) is 24.0 Å². The summed E-state index contributed by atoms with van der Waals surface area (Å²) in [6, 6.07) is 7.23. The average Bonchev–Trinajstić information content (AvgIpc) is 3.07. The maximum Gasteiger partial charge on any atom is 0.244 e. The Morgan fingerprint density at radius 1 is 1.07 bits per heavy atom. The lowest BCUT2D eigenvalue weighted by atomic mass is 10.1. The van der Waals surface area contributed by atoms with Crippen LogP contribution in [0.5, 0.6) is 0 Å². The standard InChI is InChI=1S/C21H25FN2O3S/c1-13-7-8-17(22)18(12-13)23-21(25)19-6-5-9-24(19)28(26,27)20-15(3)10-14(2)11-16(20)4/h7-8,10-12,19H,5-6,9H2,1-4H3,(H,23,25). The SMILES string of the molecule is Cc1cc(C)c(S(=O)(=O)N2CCCC2C(=O)Nc2cc(C)ccc2F)c(C)c1. The van der Waals surface area contributed by atoms with Crippen molar-refractivity contribution in [2.45, 2.75) is 51.5 Å². The van der Waals surface area contributed by atoms with Gasteiger partial charge in [0.2, 0.25) is 15.9 Å². The Labute approximate surface area is 165 Å². The largest absolute Gasteiger partial charge is 0.322 e. The molecule has 2 aromatic rings. The minimum atomic E-state index is -3.84. The number of hydrogen-bond acceptors (Lipinski definition) is 3. The van der Waals surface area contributed by atoms with Gasteiger partial charge in [0.15, 0.2) is 0 Å². The zero-order valence-corrected chi connectivity index (χ0v) is 17.4. The van der Waals surface area contributed by atoms with Crippen LogP contribution < -0.4 is 5.32 Å². The van der Waals surface area contributed by atoms with E-state index in [0.717, 1.165) is 11.1 Å². The normalized spacial score (nSPS) is 17.7. The van der Waals surface area contributed by atoms with E-state index in [4.69, 9.17) is 0 Å². The molecule has 5 nitrogen and oxygen atoms in total. The van der Waals surface area contributed by atoms with E-state index in [-0.39, 0.29) is 17.1 Å². The Morgan fingerprint density at radius 3 is 2.36 bits per heavy atom. The number of hydrogen-bond donors (Lipinski definition) is 1. The van der Waals surface area contributed by atoms with Crippen molar-refractivity contribution in [3.05, 3.63) is 58.4 Å². The lowest BCUT2D eigenvalue weighted by Gasteiger charge is -2.25. The molecule has 3 rings (SSSR count). The van der Waals surface area contributed by atoms with Crippen LogP contribution >= 0.6 is 0 Å². The Hall–Kier alpha value is -2.25. The van der Waals surface area contributed by atoms with Crippen LogP contribution in [0.4, 0.5) is 10.1 Å². The number of benzene rings is 2. The fraction of sp³-hybridized carbons (Fsp3) is 0.381. The molecule has 0 saturated carbocycles. The van der Waals surface area contributed by atoms with E-state index in [1.165, 1.54) is 16.4 Å². The molecule has 150 valence electrons. The maximum absolute atomic E-state index is 14.0. The Morgan fingerprint density at radius 2 is 1.71 bits per heavy atom. The molecule has 0 bridgehead atoms. The summed E-state index contributed by atoms with van der Waals surface area (Å²) in [4.78, 5) is 13.1. The molecule has 1 unspecified atom stereocenters. The molecular weight excluding hydrogens is 379 g/mol. The average molecular weight is 405 g/mol. The summed E-state index contributed by atoms with van der Waals surface area (Å²) >= 11 is 0. The number of carbonyl (C=O) groups excluding carboxylic acids is 1.